The zero-order valence-corrected chi connectivity index (χ0v) is 22.3. The Hall–Kier alpha value is -2.38. The van der Waals surface area contributed by atoms with E-state index in [1.54, 1.807) is 6.07 Å². The molecule has 1 atom stereocenters. The molecule has 1 aliphatic carbocycles. The molecule has 7 heteroatoms. The van der Waals surface area contributed by atoms with Crippen LogP contribution in [0.2, 0.25) is 0 Å². The van der Waals surface area contributed by atoms with Gasteiger partial charge in [0.2, 0.25) is 0 Å². The van der Waals surface area contributed by atoms with Gasteiger partial charge in [-0.15, -0.1) is 0 Å². The maximum atomic E-state index is 13.9. The molecule has 0 bridgehead atoms. The van der Waals surface area contributed by atoms with Gasteiger partial charge in [-0.05, 0) is 78.0 Å². The van der Waals surface area contributed by atoms with E-state index in [1.165, 1.54) is 25.7 Å². The minimum Gasteiger partial charge on any atom is -0.490 e. The van der Waals surface area contributed by atoms with E-state index < -0.39 is 0 Å². The molecule has 1 saturated carbocycles. The Bertz CT molecular complexity index is 982. The minimum atomic E-state index is -0.0560. The summed E-state index contributed by atoms with van der Waals surface area (Å²) >= 11 is 0. The van der Waals surface area contributed by atoms with E-state index in [2.05, 4.69) is 19.2 Å². The quantitative estimate of drug-likeness (QED) is 0.352. The third-order valence-corrected chi connectivity index (χ3v) is 7.22. The summed E-state index contributed by atoms with van der Waals surface area (Å²) in [5, 5.41) is 4.31. The van der Waals surface area contributed by atoms with Crippen molar-refractivity contribution in [1.82, 2.24) is 15.2 Å². The second-order valence-corrected chi connectivity index (χ2v) is 10.2. The van der Waals surface area contributed by atoms with Crippen LogP contribution in [0.3, 0.4) is 0 Å². The molecule has 0 radical (unpaired) electrons. The molecule has 1 N–H and O–H groups in total. The van der Waals surface area contributed by atoms with Crippen LogP contribution in [0.15, 0.2) is 24.3 Å². The molecule has 7 nitrogen and oxygen atoms in total. The summed E-state index contributed by atoms with van der Waals surface area (Å²) < 4.78 is 18.2. The summed E-state index contributed by atoms with van der Waals surface area (Å²) in [5.41, 5.74) is 1.11. The van der Waals surface area contributed by atoms with E-state index in [-0.39, 0.29) is 24.1 Å². The summed E-state index contributed by atoms with van der Waals surface area (Å²) in [6, 6.07) is 7.99. The summed E-state index contributed by atoms with van der Waals surface area (Å²) in [6.45, 7) is 9.48. The number of carbonyl (C=O) groups is 1. The van der Waals surface area contributed by atoms with Crippen molar-refractivity contribution in [1.29, 1.82) is 0 Å². The average Bonchev–Trinajstić information content (AvgIpc) is 3.16. The lowest BCUT2D eigenvalue weighted by molar-refractivity contribution is 0.0567. The van der Waals surface area contributed by atoms with E-state index in [0.717, 1.165) is 49.9 Å². The summed E-state index contributed by atoms with van der Waals surface area (Å²) in [5.74, 6) is 1.33. The number of para-hydroxylation sites is 1. The number of benzene rings is 1. The highest BCUT2D eigenvalue weighted by Gasteiger charge is 2.30. The number of hydrogen-bond donors (Lipinski definition) is 1. The van der Waals surface area contributed by atoms with Crippen molar-refractivity contribution >= 4 is 16.8 Å². The summed E-state index contributed by atoms with van der Waals surface area (Å²) in [7, 11) is 0. The first-order valence-corrected chi connectivity index (χ1v) is 13.9. The Morgan fingerprint density at radius 3 is 2.58 bits per heavy atom. The van der Waals surface area contributed by atoms with Crippen molar-refractivity contribution in [2.45, 2.75) is 90.3 Å². The van der Waals surface area contributed by atoms with Gasteiger partial charge in [0.05, 0.1) is 12.7 Å². The van der Waals surface area contributed by atoms with Crippen molar-refractivity contribution in [3.05, 3.63) is 30.0 Å². The van der Waals surface area contributed by atoms with Crippen LogP contribution in [0, 0.1) is 0 Å². The fourth-order valence-electron chi connectivity index (χ4n) is 5.43. The SMILES string of the molecule is CCOCCOc1cc(C(=O)N(C(C)C)[C@@H]2CCCNC2)nc2c(OC3CCCCCC3)cccc12. The van der Waals surface area contributed by atoms with Crippen molar-refractivity contribution in [3.63, 3.8) is 0 Å². The number of nitrogens with one attached hydrogen (secondary N) is 1. The van der Waals surface area contributed by atoms with Gasteiger partial charge in [-0.2, -0.15) is 0 Å². The Labute approximate surface area is 215 Å². The first kappa shape index (κ1) is 26.7. The van der Waals surface area contributed by atoms with Gasteiger partial charge in [0.1, 0.15) is 29.3 Å². The first-order valence-electron chi connectivity index (χ1n) is 13.9. The topological polar surface area (TPSA) is 72.9 Å². The lowest BCUT2D eigenvalue weighted by Gasteiger charge is -2.37. The number of rotatable bonds is 10. The van der Waals surface area contributed by atoms with E-state index in [1.807, 2.05) is 30.0 Å². The van der Waals surface area contributed by atoms with Gasteiger partial charge in [-0.1, -0.05) is 18.9 Å². The van der Waals surface area contributed by atoms with Gasteiger partial charge in [-0.3, -0.25) is 4.79 Å². The standard InChI is InChI=1S/C29H43N3O4/c1-4-34-17-18-35-27-19-25(29(33)32(21(2)3)22-11-10-16-30-20-22)31-28-24(27)14-9-15-26(28)36-23-12-7-5-6-8-13-23/h9,14-15,19,21-23,30H,4-8,10-13,16-18,20H2,1-3H3/t22-/m1/s1. The molecule has 0 spiro atoms. The number of pyridine rings is 1. The molecule has 1 aliphatic heterocycles. The number of carbonyl (C=O) groups excluding carboxylic acids is 1. The van der Waals surface area contributed by atoms with E-state index in [9.17, 15) is 4.79 Å². The third kappa shape index (κ3) is 6.68. The third-order valence-electron chi connectivity index (χ3n) is 7.22. The highest BCUT2D eigenvalue weighted by Crippen LogP contribution is 2.34. The van der Waals surface area contributed by atoms with E-state index in [0.29, 0.717) is 36.8 Å². The Kier molecular flexibility index (Phi) is 9.82. The predicted molar refractivity (Wildman–Crippen MR) is 143 cm³/mol. The zero-order chi connectivity index (χ0) is 25.3. The van der Waals surface area contributed by atoms with Gasteiger partial charge in [0.15, 0.2) is 0 Å². The fraction of sp³-hybridized carbons (Fsp3) is 0.655. The minimum absolute atomic E-state index is 0.0560. The maximum absolute atomic E-state index is 13.9. The van der Waals surface area contributed by atoms with Crippen LogP contribution in [0.4, 0.5) is 0 Å². The number of aromatic nitrogens is 1. The molecule has 198 valence electrons. The normalized spacial score (nSPS) is 19.3. The Morgan fingerprint density at radius 2 is 1.89 bits per heavy atom. The van der Waals surface area contributed by atoms with Gasteiger partial charge in [-0.25, -0.2) is 4.98 Å². The van der Waals surface area contributed by atoms with Crippen LogP contribution in [-0.4, -0.2) is 66.9 Å². The van der Waals surface area contributed by atoms with Crippen LogP contribution in [0.5, 0.6) is 11.5 Å². The average molecular weight is 498 g/mol. The number of hydrogen-bond acceptors (Lipinski definition) is 6. The lowest BCUT2D eigenvalue weighted by Crippen LogP contribution is -2.51. The number of nitrogens with zero attached hydrogens (tertiary/aromatic N) is 2. The summed E-state index contributed by atoms with van der Waals surface area (Å²) in [6.07, 6.45) is 9.29. The molecular formula is C29H43N3O4. The fourth-order valence-corrected chi connectivity index (χ4v) is 5.43. The van der Waals surface area contributed by atoms with Crippen LogP contribution in [0.25, 0.3) is 10.9 Å². The number of amides is 1. The molecule has 1 aromatic heterocycles. The van der Waals surface area contributed by atoms with Crippen molar-refractivity contribution in [3.8, 4) is 11.5 Å². The molecule has 1 aromatic carbocycles. The van der Waals surface area contributed by atoms with Gasteiger partial charge >= 0.3 is 0 Å². The highest BCUT2D eigenvalue weighted by molar-refractivity contribution is 5.98. The maximum Gasteiger partial charge on any atom is 0.273 e. The second kappa shape index (κ2) is 13.2. The molecule has 0 unspecified atom stereocenters. The van der Waals surface area contributed by atoms with Crippen LogP contribution >= 0.6 is 0 Å². The van der Waals surface area contributed by atoms with Crippen molar-refractivity contribution in [2.75, 3.05) is 32.9 Å². The van der Waals surface area contributed by atoms with Crippen LogP contribution in [-0.2, 0) is 4.74 Å². The smallest absolute Gasteiger partial charge is 0.273 e. The first-order chi connectivity index (χ1) is 17.6. The largest absolute Gasteiger partial charge is 0.490 e. The molecule has 2 aromatic rings. The molecule has 2 heterocycles. The lowest BCUT2D eigenvalue weighted by atomic mass is 10.0. The predicted octanol–water partition coefficient (Wildman–Crippen LogP) is 5.35. The number of ether oxygens (including phenoxy) is 3. The highest BCUT2D eigenvalue weighted by atomic mass is 16.5. The van der Waals surface area contributed by atoms with Crippen molar-refractivity contribution in [2.24, 2.45) is 0 Å². The van der Waals surface area contributed by atoms with E-state index in [4.69, 9.17) is 19.2 Å². The molecule has 1 amide bonds. The molecule has 2 aliphatic rings. The van der Waals surface area contributed by atoms with E-state index >= 15 is 0 Å². The number of fused-ring (bicyclic) bond motifs is 1. The van der Waals surface area contributed by atoms with Gasteiger partial charge in [0, 0.05) is 36.7 Å². The molecule has 1 saturated heterocycles. The molecule has 36 heavy (non-hydrogen) atoms. The Morgan fingerprint density at radius 1 is 1.08 bits per heavy atom. The molecule has 4 rings (SSSR count). The molecular weight excluding hydrogens is 454 g/mol. The monoisotopic (exact) mass is 497 g/mol. The molecule has 2 fully saturated rings. The van der Waals surface area contributed by atoms with Crippen molar-refractivity contribution < 1.29 is 19.0 Å². The van der Waals surface area contributed by atoms with Gasteiger partial charge in [0.25, 0.3) is 5.91 Å². The summed E-state index contributed by atoms with van der Waals surface area (Å²) in [4.78, 5) is 20.8. The second-order valence-electron chi connectivity index (χ2n) is 10.2. The zero-order valence-electron chi connectivity index (χ0n) is 22.3. The Balaban J connectivity index is 1.70. The number of piperidine rings is 1. The van der Waals surface area contributed by atoms with Crippen LogP contribution in [0.1, 0.15) is 82.6 Å². The van der Waals surface area contributed by atoms with Gasteiger partial charge < -0.3 is 24.4 Å². The van der Waals surface area contributed by atoms with Crippen LogP contribution < -0.4 is 14.8 Å².